The highest BCUT2D eigenvalue weighted by Gasteiger charge is 2.23. The van der Waals surface area contributed by atoms with Crippen molar-refractivity contribution >= 4 is 5.91 Å². The van der Waals surface area contributed by atoms with Crippen LogP contribution in [-0.2, 0) is 37.2 Å². The van der Waals surface area contributed by atoms with E-state index in [9.17, 15) is 20.1 Å². The molecule has 1 amide bonds. The summed E-state index contributed by atoms with van der Waals surface area (Å²) in [6, 6.07) is 19.4. The minimum atomic E-state index is -0.881. The summed E-state index contributed by atoms with van der Waals surface area (Å²) in [4.78, 5) is 19.1. The Morgan fingerprint density at radius 1 is 1.08 bits per heavy atom. The number of β-amino-alcohol motifs (C(OH)–C–C–N with tert-alkyl or cyclic N) is 1. The monoisotopic (exact) mass is 489 g/mol. The Balaban J connectivity index is 1.33. The number of amides is 1. The Morgan fingerprint density at radius 3 is 2.61 bits per heavy atom. The number of hydrogen-bond acceptors (Lipinski definition) is 6. The second-order valence-corrected chi connectivity index (χ2v) is 10.1. The predicted octanol–water partition coefficient (Wildman–Crippen LogP) is 3.05. The van der Waals surface area contributed by atoms with E-state index in [1.54, 1.807) is 6.07 Å². The SMILES string of the molecule is CC(C)(Cc1cccc(CC(=O)N2CCc3ccccc3C2)c1)NCC(O)c1ccc(O)c(CO)n1. The maximum atomic E-state index is 13.0. The number of pyridine rings is 1. The van der Waals surface area contributed by atoms with Gasteiger partial charge in [-0.05, 0) is 61.1 Å². The summed E-state index contributed by atoms with van der Waals surface area (Å²) in [6.45, 7) is 5.42. The molecule has 4 N–H and O–H groups in total. The van der Waals surface area contributed by atoms with Crippen molar-refractivity contribution in [2.45, 2.75) is 57.9 Å². The van der Waals surface area contributed by atoms with Gasteiger partial charge < -0.3 is 25.5 Å². The molecule has 0 spiro atoms. The fraction of sp³-hybridized carbons (Fsp3) is 0.379. The third-order valence-corrected chi connectivity index (χ3v) is 6.71. The average molecular weight is 490 g/mol. The van der Waals surface area contributed by atoms with E-state index in [4.69, 9.17) is 0 Å². The molecule has 0 saturated carbocycles. The molecule has 0 radical (unpaired) electrons. The molecule has 0 bridgehead atoms. The predicted molar refractivity (Wildman–Crippen MR) is 138 cm³/mol. The molecule has 2 aromatic carbocycles. The number of aliphatic hydroxyl groups is 2. The Bertz CT molecular complexity index is 1210. The van der Waals surface area contributed by atoms with Crippen molar-refractivity contribution in [1.82, 2.24) is 15.2 Å². The summed E-state index contributed by atoms with van der Waals surface area (Å²) in [5.74, 6) is 0.0519. The van der Waals surface area contributed by atoms with Gasteiger partial charge in [-0.3, -0.25) is 4.79 Å². The van der Waals surface area contributed by atoms with Crippen LogP contribution >= 0.6 is 0 Å². The van der Waals surface area contributed by atoms with E-state index in [2.05, 4.69) is 54.5 Å². The van der Waals surface area contributed by atoms with E-state index >= 15 is 0 Å². The first-order chi connectivity index (χ1) is 17.2. The molecule has 0 aliphatic carbocycles. The van der Waals surface area contributed by atoms with Crippen molar-refractivity contribution < 1.29 is 20.1 Å². The first-order valence-corrected chi connectivity index (χ1v) is 12.4. The molecular formula is C29H35N3O4. The fourth-order valence-electron chi connectivity index (χ4n) is 4.71. The molecule has 7 heteroatoms. The van der Waals surface area contributed by atoms with Crippen LogP contribution in [-0.4, -0.2) is 49.7 Å². The molecule has 0 saturated heterocycles. The molecule has 2 heterocycles. The number of aliphatic hydroxyl groups excluding tert-OH is 2. The number of carbonyl (C=O) groups is 1. The third-order valence-electron chi connectivity index (χ3n) is 6.71. The Labute approximate surface area is 212 Å². The lowest BCUT2D eigenvalue weighted by Gasteiger charge is -2.29. The maximum Gasteiger partial charge on any atom is 0.227 e. The number of hydrogen-bond donors (Lipinski definition) is 4. The molecule has 4 rings (SSSR count). The van der Waals surface area contributed by atoms with Gasteiger partial charge in [-0.2, -0.15) is 0 Å². The van der Waals surface area contributed by atoms with E-state index < -0.39 is 12.7 Å². The standard InChI is InChI=1S/C29H35N3O4/c1-29(2,30-17-27(35)24-10-11-26(34)25(19-33)31-24)16-21-7-5-6-20(14-21)15-28(36)32-13-12-22-8-3-4-9-23(22)18-32/h3-11,14,27,30,33-35H,12-13,15-19H2,1-2H3. The van der Waals surface area contributed by atoms with Crippen LogP contribution in [0.3, 0.4) is 0 Å². The van der Waals surface area contributed by atoms with Gasteiger partial charge in [-0.1, -0.05) is 48.5 Å². The number of carbonyl (C=O) groups excluding carboxylic acids is 1. The highest BCUT2D eigenvalue weighted by atomic mass is 16.3. The van der Waals surface area contributed by atoms with Gasteiger partial charge in [0.25, 0.3) is 0 Å². The van der Waals surface area contributed by atoms with Gasteiger partial charge in [0.2, 0.25) is 5.91 Å². The number of fused-ring (bicyclic) bond motifs is 1. The van der Waals surface area contributed by atoms with E-state index in [0.29, 0.717) is 25.1 Å². The Hall–Kier alpha value is -3.26. The minimum absolute atomic E-state index is 0.0924. The minimum Gasteiger partial charge on any atom is -0.506 e. The number of aromatic hydroxyl groups is 1. The number of nitrogens with zero attached hydrogens (tertiary/aromatic N) is 2. The van der Waals surface area contributed by atoms with E-state index in [1.165, 1.54) is 17.2 Å². The molecule has 36 heavy (non-hydrogen) atoms. The lowest BCUT2D eigenvalue weighted by molar-refractivity contribution is -0.131. The van der Waals surface area contributed by atoms with Crippen molar-refractivity contribution in [3.63, 3.8) is 0 Å². The number of aromatic nitrogens is 1. The zero-order valence-corrected chi connectivity index (χ0v) is 20.9. The third kappa shape index (κ3) is 6.49. The summed E-state index contributed by atoms with van der Waals surface area (Å²) in [5.41, 5.74) is 4.89. The lowest BCUT2D eigenvalue weighted by Crippen LogP contribution is -2.43. The van der Waals surface area contributed by atoms with Crippen LogP contribution in [0, 0.1) is 0 Å². The topological polar surface area (TPSA) is 106 Å². The van der Waals surface area contributed by atoms with Crippen molar-refractivity contribution in [3.05, 3.63) is 94.3 Å². The Kier molecular flexibility index (Phi) is 8.04. The van der Waals surface area contributed by atoms with Gasteiger partial charge in [-0.25, -0.2) is 4.98 Å². The molecule has 1 aliphatic rings. The van der Waals surface area contributed by atoms with Crippen molar-refractivity contribution in [3.8, 4) is 5.75 Å². The summed E-state index contributed by atoms with van der Waals surface area (Å²) in [5, 5.41) is 32.9. The first-order valence-electron chi connectivity index (χ1n) is 12.4. The van der Waals surface area contributed by atoms with Crippen LogP contribution in [0.2, 0.25) is 0 Å². The van der Waals surface area contributed by atoms with Crippen LogP contribution < -0.4 is 5.32 Å². The van der Waals surface area contributed by atoms with Gasteiger partial charge in [0.15, 0.2) is 0 Å². The molecule has 1 unspecified atom stereocenters. The molecule has 1 atom stereocenters. The van der Waals surface area contributed by atoms with Crippen LogP contribution in [0.5, 0.6) is 5.75 Å². The quantitative estimate of drug-likeness (QED) is 0.368. The van der Waals surface area contributed by atoms with Crippen molar-refractivity contribution in [2.75, 3.05) is 13.1 Å². The molecule has 1 aromatic heterocycles. The molecule has 190 valence electrons. The molecule has 3 aromatic rings. The van der Waals surface area contributed by atoms with E-state index in [-0.39, 0.29) is 29.4 Å². The van der Waals surface area contributed by atoms with Gasteiger partial charge >= 0.3 is 0 Å². The van der Waals surface area contributed by atoms with Gasteiger partial charge in [0, 0.05) is 25.2 Å². The second-order valence-electron chi connectivity index (χ2n) is 10.1. The fourth-order valence-corrected chi connectivity index (χ4v) is 4.71. The first kappa shape index (κ1) is 25.8. The zero-order chi connectivity index (χ0) is 25.7. The number of rotatable bonds is 9. The Morgan fingerprint density at radius 2 is 1.83 bits per heavy atom. The van der Waals surface area contributed by atoms with Gasteiger partial charge in [-0.15, -0.1) is 0 Å². The summed E-state index contributed by atoms with van der Waals surface area (Å²) in [6.07, 6.45) is 1.11. The highest BCUT2D eigenvalue weighted by Crippen LogP contribution is 2.22. The van der Waals surface area contributed by atoms with Gasteiger partial charge in [0.1, 0.15) is 17.5 Å². The molecular weight excluding hydrogens is 454 g/mol. The van der Waals surface area contributed by atoms with E-state index in [0.717, 1.165) is 24.1 Å². The lowest BCUT2D eigenvalue weighted by atomic mass is 9.93. The van der Waals surface area contributed by atoms with Crippen molar-refractivity contribution in [2.24, 2.45) is 0 Å². The summed E-state index contributed by atoms with van der Waals surface area (Å²) in [7, 11) is 0. The molecule has 7 nitrogen and oxygen atoms in total. The molecule has 1 aliphatic heterocycles. The summed E-state index contributed by atoms with van der Waals surface area (Å²) < 4.78 is 0. The molecule has 0 fully saturated rings. The summed E-state index contributed by atoms with van der Waals surface area (Å²) >= 11 is 0. The van der Waals surface area contributed by atoms with Gasteiger partial charge in [0.05, 0.1) is 18.7 Å². The average Bonchev–Trinajstić information content (AvgIpc) is 2.87. The second kappa shape index (κ2) is 11.2. The largest absolute Gasteiger partial charge is 0.506 e. The number of benzene rings is 2. The van der Waals surface area contributed by atoms with Crippen molar-refractivity contribution in [1.29, 1.82) is 0 Å². The van der Waals surface area contributed by atoms with Crippen LogP contribution in [0.25, 0.3) is 0 Å². The maximum absolute atomic E-state index is 13.0. The van der Waals surface area contributed by atoms with Crippen LogP contribution in [0.4, 0.5) is 0 Å². The van der Waals surface area contributed by atoms with Crippen LogP contribution in [0.15, 0.2) is 60.7 Å². The smallest absolute Gasteiger partial charge is 0.227 e. The normalized spacial score (nSPS) is 14.4. The van der Waals surface area contributed by atoms with E-state index in [1.807, 2.05) is 23.1 Å². The zero-order valence-electron chi connectivity index (χ0n) is 20.9. The number of nitrogens with one attached hydrogen (secondary N) is 1. The highest BCUT2D eigenvalue weighted by molar-refractivity contribution is 5.79. The van der Waals surface area contributed by atoms with Crippen LogP contribution in [0.1, 0.15) is 53.6 Å².